The first-order valence-electron chi connectivity index (χ1n) is 7.10. The molecule has 0 saturated heterocycles. The third kappa shape index (κ3) is 4.18. The van der Waals surface area contributed by atoms with E-state index >= 15 is 0 Å². The van der Waals surface area contributed by atoms with E-state index in [2.05, 4.69) is 58.7 Å². The van der Waals surface area contributed by atoms with E-state index in [1.807, 2.05) is 11.3 Å². The minimum atomic E-state index is 0.542. The molecular weight excluding hydrogens is 254 g/mol. The molecule has 2 rings (SSSR count). The second-order valence-electron chi connectivity index (χ2n) is 4.76. The van der Waals surface area contributed by atoms with Gasteiger partial charge >= 0.3 is 0 Å². The number of nitrogens with zero attached hydrogens (tertiary/aromatic N) is 2. The highest BCUT2D eigenvalue weighted by Crippen LogP contribution is 2.14. The monoisotopic (exact) mass is 277 g/mol. The summed E-state index contributed by atoms with van der Waals surface area (Å²) in [6.45, 7) is 6.31. The average Bonchev–Trinajstić information content (AvgIpc) is 3.08. The summed E-state index contributed by atoms with van der Waals surface area (Å²) in [7, 11) is 0. The van der Waals surface area contributed by atoms with E-state index in [9.17, 15) is 0 Å². The molecule has 1 N–H and O–H groups in total. The lowest BCUT2D eigenvalue weighted by atomic mass is 10.2. The van der Waals surface area contributed by atoms with Crippen molar-refractivity contribution in [3.63, 3.8) is 0 Å². The van der Waals surface area contributed by atoms with Crippen LogP contribution < -0.4 is 5.32 Å². The maximum absolute atomic E-state index is 4.64. The summed E-state index contributed by atoms with van der Waals surface area (Å²) >= 11 is 1.82. The Bertz CT molecular complexity index is 457. The lowest BCUT2D eigenvalue weighted by Gasteiger charge is -2.12. The lowest BCUT2D eigenvalue weighted by molar-refractivity contribution is 0.424. The van der Waals surface area contributed by atoms with Gasteiger partial charge in [-0.25, -0.2) is 0 Å². The zero-order valence-electron chi connectivity index (χ0n) is 11.8. The number of rotatable bonds is 8. The average molecular weight is 277 g/mol. The van der Waals surface area contributed by atoms with Crippen molar-refractivity contribution in [2.45, 2.75) is 45.7 Å². The van der Waals surface area contributed by atoms with E-state index < -0.39 is 0 Å². The molecule has 0 aliphatic carbocycles. The van der Waals surface area contributed by atoms with Crippen molar-refractivity contribution in [1.82, 2.24) is 15.1 Å². The molecular formula is C15H23N3S. The molecule has 19 heavy (non-hydrogen) atoms. The van der Waals surface area contributed by atoms with Crippen LogP contribution in [0.3, 0.4) is 0 Å². The van der Waals surface area contributed by atoms with Crippen LogP contribution in [0.1, 0.15) is 43.3 Å². The standard InChI is InChI=1S/C15H23N3S/c1-3-14(4-2)18-10-8-13(17-18)12-16-9-7-15-6-5-11-19-15/h5-6,8,10-11,14,16H,3-4,7,9,12H2,1-2H3. The molecule has 2 heterocycles. The summed E-state index contributed by atoms with van der Waals surface area (Å²) in [4.78, 5) is 1.44. The van der Waals surface area contributed by atoms with Crippen LogP contribution in [0.2, 0.25) is 0 Å². The quantitative estimate of drug-likeness (QED) is 0.747. The Kier molecular flexibility index (Phi) is 5.61. The van der Waals surface area contributed by atoms with E-state index in [0.29, 0.717) is 6.04 Å². The molecule has 3 nitrogen and oxygen atoms in total. The summed E-state index contributed by atoms with van der Waals surface area (Å²) in [6, 6.07) is 6.96. The maximum Gasteiger partial charge on any atom is 0.0762 e. The second kappa shape index (κ2) is 7.46. The molecule has 0 bridgehead atoms. The van der Waals surface area contributed by atoms with Gasteiger partial charge in [0.05, 0.1) is 11.7 Å². The first-order valence-corrected chi connectivity index (χ1v) is 7.98. The van der Waals surface area contributed by atoms with E-state index in [1.54, 1.807) is 0 Å². The van der Waals surface area contributed by atoms with Crippen molar-refractivity contribution in [3.8, 4) is 0 Å². The number of hydrogen-bond acceptors (Lipinski definition) is 3. The Morgan fingerprint density at radius 2 is 2.16 bits per heavy atom. The normalized spacial score (nSPS) is 11.3. The molecule has 0 radical (unpaired) electrons. The highest BCUT2D eigenvalue weighted by atomic mass is 32.1. The third-order valence-electron chi connectivity index (χ3n) is 3.41. The Morgan fingerprint density at radius 1 is 1.32 bits per heavy atom. The fraction of sp³-hybridized carbons (Fsp3) is 0.533. The summed E-state index contributed by atoms with van der Waals surface area (Å²) in [5.41, 5.74) is 1.14. The first-order chi connectivity index (χ1) is 9.33. The summed E-state index contributed by atoms with van der Waals surface area (Å²) < 4.78 is 2.11. The predicted octanol–water partition coefficient (Wildman–Crippen LogP) is 3.64. The second-order valence-corrected chi connectivity index (χ2v) is 5.80. The summed E-state index contributed by atoms with van der Waals surface area (Å²) in [5.74, 6) is 0. The molecule has 0 spiro atoms. The fourth-order valence-electron chi connectivity index (χ4n) is 2.22. The Morgan fingerprint density at radius 3 is 2.84 bits per heavy atom. The molecule has 2 aromatic heterocycles. The van der Waals surface area contributed by atoms with Gasteiger partial charge in [-0.05, 0) is 36.8 Å². The third-order valence-corrected chi connectivity index (χ3v) is 4.35. The van der Waals surface area contributed by atoms with Crippen LogP contribution in [0.4, 0.5) is 0 Å². The van der Waals surface area contributed by atoms with Crippen molar-refractivity contribution >= 4 is 11.3 Å². The van der Waals surface area contributed by atoms with Gasteiger partial charge in [-0.3, -0.25) is 4.68 Å². The van der Waals surface area contributed by atoms with Crippen molar-refractivity contribution in [2.24, 2.45) is 0 Å². The SMILES string of the molecule is CCC(CC)n1ccc(CNCCc2cccs2)n1. The molecule has 4 heteroatoms. The highest BCUT2D eigenvalue weighted by molar-refractivity contribution is 7.09. The van der Waals surface area contributed by atoms with Crippen LogP contribution in [-0.2, 0) is 13.0 Å². The van der Waals surface area contributed by atoms with Crippen LogP contribution in [-0.4, -0.2) is 16.3 Å². The highest BCUT2D eigenvalue weighted by Gasteiger charge is 2.07. The zero-order valence-corrected chi connectivity index (χ0v) is 12.6. The van der Waals surface area contributed by atoms with E-state index in [4.69, 9.17) is 0 Å². The van der Waals surface area contributed by atoms with E-state index in [-0.39, 0.29) is 0 Å². The van der Waals surface area contributed by atoms with E-state index in [1.165, 1.54) is 4.88 Å². The van der Waals surface area contributed by atoms with Gasteiger partial charge in [0.15, 0.2) is 0 Å². The molecule has 0 aliphatic heterocycles. The van der Waals surface area contributed by atoms with Crippen molar-refractivity contribution < 1.29 is 0 Å². The van der Waals surface area contributed by atoms with Gasteiger partial charge < -0.3 is 5.32 Å². The van der Waals surface area contributed by atoms with E-state index in [0.717, 1.165) is 38.0 Å². The van der Waals surface area contributed by atoms with Gasteiger partial charge in [0.1, 0.15) is 0 Å². The van der Waals surface area contributed by atoms with Gasteiger partial charge in [-0.1, -0.05) is 19.9 Å². The van der Waals surface area contributed by atoms with Crippen LogP contribution >= 0.6 is 11.3 Å². The molecule has 0 aromatic carbocycles. The molecule has 2 aromatic rings. The van der Waals surface area contributed by atoms with Crippen LogP contribution in [0.5, 0.6) is 0 Å². The zero-order chi connectivity index (χ0) is 13.5. The minimum Gasteiger partial charge on any atom is -0.311 e. The molecule has 0 unspecified atom stereocenters. The van der Waals surface area contributed by atoms with Gasteiger partial charge in [-0.15, -0.1) is 11.3 Å². The molecule has 0 amide bonds. The Labute approximate surface area is 119 Å². The smallest absolute Gasteiger partial charge is 0.0762 e. The van der Waals surface area contributed by atoms with Gasteiger partial charge in [0.25, 0.3) is 0 Å². The Balaban J connectivity index is 1.74. The van der Waals surface area contributed by atoms with Crippen LogP contribution in [0.25, 0.3) is 0 Å². The van der Waals surface area contributed by atoms with Crippen molar-refractivity contribution in [3.05, 3.63) is 40.3 Å². The first kappa shape index (κ1) is 14.3. The number of thiophene rings is 1. The van der Waals surface area contributed by atoms with Crippen molar-refractivity contribution in [2.75, 3.05) is 6.54 Å². The molecule has 0 aliphatic rings. The predicted molar refractivity (Wildman–Crippen MR) is 81.6 cm³/mol. The number of hydrogen-bond donors (Lipinski definition) is 1. The largest absolute Gasteiger partial charge is 0.311 e. The maximum atomic E-state index is 4.64. The lowest BCUT2D eigenvalue weighted by Crippen LogP contribution is -2.17. The number of nitrogens with one attached hydrogen (secondary N) is 1. The van der Waals surface area contributed by atoms with Gasteiger partial charge in [-0.2, -0.15) is 5.10 Å². The summed E-state index contributed by atoms with van der Waals surface area (Å²) in [5, 5.41) is 10.2. The summed E-state index contributed by atoms with van der Waals surface area (Å²) in [6.07, 6.45) is 5.49. The fourth-order valence-corrected chi connectivity index (χ4v) is 2.93. The van der Waals surface area contributed by atoms with Gasteiger partial charge in [0, 0.05) is 24.2 Å². The molecule has 104 valence electrons. The van der Waals surface area contributed by atoms with Crippen LogP contribution in [0, 0.1) is 0 Å². The van der Waals surface area contributed by atoms with Gasteiger partial charge in [0.2, 0.25) is 0 Å². The molecule has 0 atom stereocenters. The van der Waals surface area contributed by atoms with Crippen molar-refractivity contribution in [1.29, 1.82) is 0 Å². The topological polar surface area (TPSA) is 29.9 Å². The molecule has 0 fully saturated rings. The molecule has 0 saturated carbocycles. The van der Waals surface area contributed by atoms with Crippen LogP contribution in [0.15, 0.2) is 29.8 Å². The number of aromatic nitrogens is 2. The minimum absolute atomic E-state index is 0.542. The Hall–Kier alpha value is -1.13.